The van der Waals surface area contributed by atoms with E-state index in [1.165, 1.54) is 0 Å². The Morgan fingerprint density at radius 3 is 2.11 bits per heavy atom. The van der Waals surface area contributed by atoms with Gasteiger partial charge in [-0.15, -0.1) is 0 Å². The van der Waals surface area contributed by atoms with E-state index < -0.39 is 14.3 Å². The van der Waals surface area contributed by atoms with E-state index in [1.54, 1.807) is 0 Å². The molecule has 18 heavy (non-hydrogen) atoms. The molecule has 1 fully saturated rings. The summed E-state index contributed by atoms with van der Waals surface area (Å²) in [4.78, 5) is 10.7. The van der Waals surface area contributed by atoms with Gasteiger partial charge in [-0.05, 0) is 49.7 Å². The van der Waals surface area contributed by atoms with Gasteiger partial charge in [0.25, 0.3) is 0 Å². The molecular formula is C14H28O3Si. The number of rotatable bonds is 4. The van der Waals surface area contributed by atoms with Crippen molar-refractivity contribution in [2.24, 2.45) is 5.92 Å². The zero-order valence-corrected chi connectivity index (χ0v) is 13.5. The van der Waals surface area contributed by atoms with Crippen molar-refractivity contribution < 1.29 is 14.3 Å². The van der Waals surface area contributed by atoms with Crippen LogP contribution < -0.4 is 0 Å². The fourth-order valence-corrected chi connectivity index (χ4v) is 3.72. The molecule has 0 heterocycles. The molecule has 1 N–H and O–H groups in total. The average Bonchev–Trinajstić information content (AvgIpc) is 2.18. The van der Waals surface area contributed by atoms with E-state index in [0.717, 1.165) is 25.7 Å². The van der Waals surface area contributed by atoms with Crippen molar-refractivity contribution in [3.8, 4) is 0 Å². The first-order chi connectivity index (χ1) is 8.12. The Balaban J connectivity index is 2.42. The van der Waals surface area contributed by atoms with Gasteiger partial charge in [0.05, 0.1) is 0 Å². The molecule has 0 aromatic heterocycles. The van der Waals surface area contributed by atoms with Gasteiger partial charge < -0.3 is 9.53 Å². The zero-order chi connectivity index (χ0) is 14.0. The Hall–Kier alpha value is -0.353. The van der Waals surface area contributed by atoms with Crippen molar-refractivity contribution >= 4 is 14.3 Å². The SMILES string of the molecule is CC(C)(C)[Si](C)(C)O[C@H]1CC[C@@H](CC(=O)O)CC1. The number of aliphatic carboxylic acids is 1. The Labute approximate surface area is 112 Å². The largest absolute Gasteiger partial charge is 0.481 e. The second kappa shape index (κ2) is 5.74. The second-order valence-corrected chi connectivity index (χ2v) is 11.9. The van der Waals surface area contributed by atoms with Crippen LogP contribution in [0.1, 0.15) is 52.9 Å². The van der Waals surface area contributed by atoms with Crippen LogP contribution in [0.2, 0.25) is 18.1 Å². The standard InChI is InChI=1S/C14H28O3Si/c1-14(2,3)18(4,5)17-12-8-6-11(7-9-12)10-13(15)16/h11-12H,6-10H2,1-5H3,(H,15,16)/t11-,12+. The zero-order valence-electron chi connectivity index (χ0n) is 12.5. The lowest BCUT2D eigenvalue weighted by molar-refractivity contribution is -0.138. The third-order valence-corrected chi connectivity index (χ3v) is 9.06. The predicted octanol–water partition coefficient (Wildman–Crippen LogP) is 4.04. The molecule has 0 amide bonds. The van der Waals surface area contributed by atoms with Crippen LogP contribution in [0.5, 0.6) is 0 Å². The van der Waals surface area contributed by atoms with E-state index in [9.17, 15) is 4.79 Å². The molecule has 0 radical (unpaired) electrons. The molecule has 0 saturated heterocycles. The second-order valence-electron chi connectivity index (χ2n) is 7.12. The van der Waals surface area contributed by atoms with Gasteiger partial charge in [0.1, 0.15) is 0 Å². The highest BCUT2D eigenvalue weighted by atomic mass is 28.4. The monoisotopic (exact) mass is 272 g/mol. The van der Waals surface area contributed by atoms with E-state index in [4.69, 9.17) is 9.53 Å². The van der Waals surface area contributed by atoms with Crippen LogP contribution in [0.15, 0.2) is 0 Å². The van der Waals surface area contributed by atoms with Crippen molar-refractivity contribution in [2.45, 2.75) is 77.1 Å². The highest BCUT2D eigenvalue weighted by molar-refractivity contribution is 6.74. The minimum atomic E-state index is -1.66. The molecule has 106 valence electrons. The van der Waals surface area contributed by atoms with Gasteiger partial charge in [0.2, 0.25) is 0 Å². The Morgan fingerprint density at radius 2 is 1.72 bits per heavy atom. The average molecular weight is 272 g/mol. The van der Waals surface area contributed by atoms with Gasteiger partial charge in [-0.1, -0.05) is 20.8 Å². The lowest BCUT2D eigenvalue weighted by Crippen LogP contribution is -2.44. The Morgan fingerprint density at radius 1 is 1.22 bits per heavy atom. The normalized spacial score (nSPS) is 26.1. The molecule has 0 unspecified atom stereocenters. The van der Waals surface area contributed by atoms with Gasteiger partial charge in [0, 0.05) is 12.5 Å². The van der Waals surface area contributed by atoms with Crippen molar-refractivity contribution in [2.75, 3.05) is 0 Å². The van der Waals surface area contributed by atoms with Crippen LogP contribution in [-0.2, 0) is 9.22 Å². The predicted molar refractivity (Wildman–Crippen MR) is 76.3 cm³/mol. The fraction of sp³-hybridized carbons (Fsp3) is 0.929. The molecule has 0 atom stereocenters. The van der Waals surface area contributed by atoms with Gasteiger partial charge in [-0.2, -0.15) is 0 Å². The molecule has 0 bridgehead atoms. The maximum Gasteiger partial charge on any atom is 0.303 e. The lowest BCUT2D eigenvalue weighted by Gasteiger charge is -2.41. The molecule has 0 spiro atoms. The topological polar surface area (TPSA) is 46.5 Å². The highest BCUT2D eigenvalue weighted by Gasteiger charge is 2.39. The number of carboxylic acids is 1. The van der Waals surface area contributed by atoms with Gasteiger partial charge in [0.15, 0.2) is 8.32 Å². The van der Waals surface area contributed by atoms with E-state index in [-0.39, 0.29) is 5.04 Å². The van der Waals surface area contributed by atoms with Gasteiger partial charge >= 0.3 is 5.97 Å². The highest BCUT2D eigenvalue weighted by Crippen LogP contribution is 2.39. The van der Waals surface area contributed by atoms with Crippen LogP contribution in [0.3, 0.4) is 0 Å². The summed E-state index contributed by atoms with van der Waals surface area (Å²) in [6, 6.07) is 0. The van der Waals surface area contributed by atoms with E-state index in [0.29, 0.717) is 18.4 Å². The number of hydrogen-bond acceptors (Lipinski definition) is 2. The Bertz CT molecular complexity index is 286. The van der Waals surface area contributed by atoms with Crippen molar-refractivity contribution in [3.05, 3.63) is 0 Å². The molecule has 0 aromatic rings. The number of hydrogen-bond donors (Lipinski definition) is 1. The Kier molecular flexibility index (Phi) is 5.01. The summed E-state index contributed by atoms with van der Waals surface area (Å²) in [5, 5.41) is 9.06. The van der Waals surface area contributed by atoms with Crippen LogP contribution in [0.4, 0.5) is 0 Å². The maximum absolute atomic E-state index is 10.7. The summed E-state index contributed by atoms with van der Waals surface area (Å²) in [5.41, 5.74) is 0. The minimum absolute atomic E-state index is 0.255. The fourth-order valence-electron chi connectivity index (χ4n) is 2.29. The van der Waals surface area contributed by atoms with Crippen LogP contribution in [0.25, 0.3) is 0 Å². The number of carbonyl (C=O) groups is 1. The van der Waals surface area contributed by atoms with Crippen molar-refractivity contribution in [1.82, 2.24) is 0 Å². The molecular weight excluding hydrogens is 244 g/mol. The molecule has 0 aromatic carbocycles. The minimum Gasteiger partial charge on any atom is -0.481 e. The van der Waals surface area contributed by atoms with Crippen LogP contribution >= 0.6 is 0 Å². The van der Waals surface area contributed by atoms with E-state index in [2.05, 4.69) is 33.9 Å². The first kappa shape index (κ1) is 15.7. The van der Waals surface area contributed by atoms with Crippen LogP contribution in [0, 0.1) is 5.92 Å². The summed E-state index contributed by atoms with van der Waals surface area (Å²) < 4.78 is 6.39. The summed E-state index contributed by atoms with van der Waals surface area (Å²) in [7, 11) is -1.66. The molecule has 1 saturated carbocycles. The lowest BCUT2D eigenvalue weighted by atomic mass is 9.85. The van der Waals surface area contributed by atoms with Crippen molar-refractivity contribution in [1.29, 1.82) is 0 Å². The molecule has 1 aliphatic carbocycles. The van der Waals surface area contributed by atoms with E-state index >= 15 is 0 Å². The molecule has 0 aliphatic heterocycles. The maximum atomic E-state index is 10.7. The third kappa shape index (κ3) is 4.39. The first-order valence-electron chi connectivity index (χ1n) is 7.01. The third-order valence-electron chi connectivity index (χ3n) is 4.52. The smallest absolute Gasteiger partial charge is 0.303 e. The molecule has 1 aliphatic rings. The first-order valence-corrected chi connectivity index (χ1v) is 9.92. The summed E-state index contributed by atoms with van der Waals surface area (Å²) in [6.07, 6.45) is 4.76. The molecule has 4 heteroatoms. The molecule has 1 rings (SSSR count). The quantitative estimate of drug-likeness (QED) is 0.786. The van der Waals surface area contributed by atoms with Crippen LogP contribution in [-0.4, -0.2) is 25.5 Å². The van der Waals surface area contributed by atoms with Gasteiger partial charge in [-0.3, -0.25) is 4.79 Å². The summed E-state index contributed by atoms with van der Waals surface area (Å²) in [6.45, 7) is 11.4. The van der Waals surface area contributed by atoms with E-state index in [1.807, 2.05) is 0 Å². The summed E-state index contributed by atoms with van der Waals surface area (Å²) in [5.74, 6) is -0.300. The van der Waals surface area contributed by atoms with Gasteiger partial charge in [-0.25, -0.2) is 0 Å². The summed E-state index contributed by atoms with van der Waals surface area (Å²) >= 11 is 0. The number of carboxylic acid groups (broad SMARTS) is 1. The molecule has 3 nitrogen and oxygen atoms in total. The van der Waals surface area contributed by atoms with Crippen molar-refractivity contribution in [3.63, 3.8) is 0 Å².